The molecule has 2 fully saturated rings. The summed E-state index contributed by atoms with van der Waals surface area (Å²) in [6.45, 7) is 1.55. The molecule has 0 unspecified atom stereocenters. The molecule has 0 atom stereocenters. The summed E-state index contributed by atoms with van der Waals surface area (Å²) in [5.41, 5.74) is 0. The van der Waals surface area contributed by atoms with Crippen molar-refractivity contribution in [2.45, 2.75) is 37.9 Å². The minimum absolute atomic E-state index is 0.199. The molecule has 0 radical (unpaired) electrons. The van der Waals surface area contributed by atoms with Crippen LogP contribution in [-0.2, 0) is 19.0 Å². The maximum absolute atomic E-state index is 13.9. The van der Waals surface area contributed by atoms with Crippen molar-refractivity contribution in [1.29, 1.82) is 0 Å². The number of Topliss-reactive ketones (excluding diaryl/α,β-unsaturated/α-hetero) is 1. The van der Waals surface area contributed by atoms with Gasteiger partial charge in [-0.2, -0.15) is 8.78 Å². The van der Waals surface area contributed by atoms with E-state index < -0.39 is 23.9 Å². The summed E-state index contributed by atoms with van der Waals surface area (Å²) in [5, 5.41) is 0. The van der Waals surface area contributed by atoms with Gasteiger partial charge in [0, 0.05) is 32.0 Å². The Morgan fingerprint density at radius 3 is 2.33 bits per heavy atom. The minimum Gasteiger partial charge on any atom is -0.381 e. The van der Waals surface area contributed by atoms with Crippen LogP contribution in [0.2, 0.25) is 0 Å². The maximum atomic E-state index is 13.9. The Morgan fingerprint density at radius 1 is 1.11 bits per heavy atom. The summed E-state index contributed by atoms with van der Waals surface area (Å²) in [5.74, 6) is -5.14. The number of ketones is 1. The van der Waals surface area contributed by atoms with E-state index in [1.165, 1.54) is 0 Å². The lowest BCUT2D eigenvalue weighted by Crippen LogP contribution is -2.40. The number of ether oxygens (including phenoxy) is 3. The van der Waals surface area contributed by atoms with Crippen LogP contribution in [0, 0.1) is 5.92 Å². The van der Waals surface area contributed by atoms with Crippen LogP contribution in [0.3, 0.4) is 0 Å². The molecule has 0 saturated carbocycles. The summed E-state index contributed by atoms with van der Waals surface area (Å²) in [6, 6.07) is 0. The van der Waals surface area contributed by atoms with Gasteiger partial charge in [-0.25, -0.2) is 0 Å². The Morgan fingerprint density at radius 2 is 1.72 bits per heavy atom. The maximum Gasteiger partial charge on any atom is 0.308 e. The van der Waals surface area contributed by atoms with Crippen molar-refractivity contribution in [3.05, 3.63) is 0 Å². The summed E-state index contributed by atoms with van der Waals surface area (Å²) in [7, 11) is 0. The van der Waals surface area contributed by atoms with Crippen LogP contribution in [0.5, 0.6) is 0 Å². The van der Waals surface area contributed by atoms with Crippen molar-refractivity contribution < 1.29 is 27.8 Å². The van der Waals surface area contributed by atoms with E-state index in [2.05, 4.69) is 0 Å². The van der Waals surface area contributed by atoms with Gasteiger partial charge in [-0.05, 0) is 12.8 Å². The summed E-state index contributed by atoms with van der Waals surface area (Å²) in [6.07, 6.45) is -0.00349. The number of alkyl halides is 2. The summed E-state index contributed by atoms with van der Waals surface area (Å²) >= 11 is 0. The number of rotatable bonds is 5. The monoisotopic (exact) mass is 264 g/mol. The number of carbonyl (C=O) groups is 1. The van der Waals surface area contributed by atoms with E-state index in [0.29, 0.717) is 26.4 Å². The molecule has 2 aliphatic heterocycles. The molecule has 0 aromatic carbocycles. The van der Waals surface area contributed by atoms with Gasteiger partial charge in [-0.1, -0.05) is 0 Å². The molecule has 2 aliphatic rings. The van der Waals surface area contributed by atoms with Crippen LogP contribution in [0.4, 0.5) is 8.78 Å². The first-order valence-electron chi connectivity index (χ1n) is 6.33. The van der Waals surface area contributed by atoms with E-state index in [9.17, 15) is 13.6 Å². The predicted octanol–water partition coefficient (Wildman–Crippen LogP) is 1.77. The highest BCUT2D eigenvalue weighted by molar-refractivity contribution is 5.85. The van der Waals surface area contributed by atoms with Crippen LogP contribution in [0.1, 0.15) is 25.7 Å². The average molecular weight is 264 g/mol. The van der Waals surface area contributed by atoms with E-state index in [1.54, 1.807) is 0 Å². The summed E-state index contributed by atoms with van der Waals surface area (Å²) in [4.78, 5) is 11.6. The number of hydrogen-bond donors (Lipinski definition) is 0. The van der Waals surface area contributed by atoms with Gasteiger partial charge < -0.3 is 14.2 Å². The second-order valence-electron chi connectivity index (χ2n) is 4.64. The van der Waals surface area contributed by atoms with Crippen LogP contribution in [-0.4, -0.2) is 44.4 Å². The topological polar surface area (TPSA) is 44.8 Å². The SMILES string of the molecule is O=C(CCC1OCCO1)C(F)(F)C1CCOCC1. The average Bonchev–Trinajstić information content (AvgIpc) is 2.90. The molecule has 2 rings (SSSR count). The number of halogens is 2. The summed E-state index contributed by atoms with van der Waals surface area (Å²) < 4.78 is 43.1. The molecule has 2 heterocycles. The van der Waals surface area contributed by atoms with Crippen molar-refractivity contribution >= 4 is 5.78 Å². The fraction of sp³-hybridized carbons (Fsp3) is 0.917. The molecule has 0 aromatic heterocycles. The van der Waals surface area contributed by atoms with E-state index in [4.69, 9.17) is 14.2 Å². The first kappa shape index (κ1) is 13.8. The van der Waals surface area contributed by atoms with E-state index in [-0.39, 0.29) is 25.7 Å². The second kappa shape index (κ2) is 6.04. The highest BCUT2D eigenvalue weighted by Gasteiger charge is 2.46. The standard InChI is InChI=1S/C12H18F2O4/c13-12(14,9-3-5-16-6-4-9)10(15)1-2-11-17-7-8-18-11/h9,11H,1-8H2. The largest absolute Gasteiger partial charge is 0.381 e. The molecule has 0 aliphatic carbocycles. The first-order valence-corrected chi connectivity index (χ1v) is 6.33. The van der Waals surface area contributed by atoms with Gasteiger partial charge in [0.25, 0.3) is 0 Å². The van der Waals surface area contributed by atoms with Crippen molar-refractivity contribution in [3.8, 4) is 0 Å². The van der Waals surface area contributed by atoms with Gasteiger partial charge in [0.05, 0.1) is 13.2 Å². The van der Waals surface area contributed by atoms with Gasteiger partial charge in [-0.15, -0.1) is 0 Å². The molecule has 0 spiro atoms. The fourth-order valence-corrected chi connectivity index (χ4v) is 2.28. The molecule has 0 aromatic rings. The lowest BCUT2D eigenvalue weighted by Gasteiger charge is -2.29. The second-order valence-corrected chi connectivity index (χ2v) is 4.64. The molecule has 0 N–H and O–H groups in total. The molecule has 4 nitrogen and oxygen atoms in total. The Kier molecular flexibility index (Phi) is 4.64. The normalized spacial score (nSPS) is 23.4. The number of carbonyl (C=O) groups excluding carboxylic acids is 1. The van der Waals surface area contributed by atoms with Gasteiger partial charge in [0.1, 0.15) is 0 Å². The van der Waals surface area contributed by atoms with E-state index >= 15 is 0 Å². The van der Waals surface area contributed by atoms with Crippen LogP contribution >= 0.6 is 0 Å². The highest BCUT2D eigenvalue weighted by atomic mass is 19.3. The Balaban J connectivity index is 1.81. The molecule has 6 heteroatoms. The fourth-order valence-electron chi connectivity index (χ4n) is 2.28. The van der Waals surface area contributed by atoms with Gasteiger partial charge in [0.2, 0.25) is 5.78 Å². The smallest absolute Gasteiger partial charge is 0.308 e. The third-order valence-electron chi connectivity index (χ3n) is 3.40. The van der Waals surface area contributed by atoms with Crippen molar-refractivity contribution in [1.82, 2.24) is 0 Å². The molecule has 0 amide bonds. The molecular formula is C12H18F2O4. The van der Waals surface area contributed by atoms with Gasteiger partial charge in [0.15, 0.2) is 6.29 Å². The predicted molar refractivity (Wildman–Crippen MR) is 58.4 cm³/mol. The van der Waals surface area contributed by atoms with E-state index in [1.807, 2.05) is 0 Å². The first-order chi connectivity index (χ1) is 8.60. The zero-order chi connectivity index (χ0) is 13.0. The third kappa shape index (κ3) is 3.24. The zero-order valence-corrected chi connectivity index (χ0v) is 10.2. The quantitative estimate of drug-likeness (QED) is 0.759. The third-order valence-corrected chi connectivity index (χ3v) is 3.40. The lowest BCUT2D eigenvalue weighted by atomic mass is 9.89. The Labute approximate surface area is 105 Å². The Bertz CT molecular complexity index is 284. The molecular weight excluding hydrogens is 246 g/mol. The van der Waals surface area contributed by atoms with Gasteiger partial charge >= 0.3 is 5.92 Å². The highest BCUT2D eigenvalue weighted by Crippen LogP contribution is 2.34. The lowest BCUT2D eigenvalue weighted by molar-refractivity contribution is -0.159. The van der Waals surface area contributed by atoms with Crippen molar-refractivity contribution in [2.75, 3.05) is 26.4 Å². The Hall–Kier alpha value is -0.590. The van der Waals surface area contributed by atoms with Crippen LogP contribution in [0.15, 0.2) is 0 Å². The zero-order valence-electron chi connectivity index (χ0n) is 10.2. The molecule has 18 heavy (non-hydrogen) atoms. The van der Waals surface area contributed by atoms with E-state index in [0.717, 1.165) is 0 Å². The molecule has 104 valence electrons. The van der Waals surface area contributed by atoms with Crippen molar-refractivity contribution in [3.63, 3.8) is 0 Å². The minimum atomic E-state index is -3.25. The molecule has 0 bridgehead atoms. The molecule has 2 saturated heterocycles. The van der Waals surface area contributed by atoms with Crippen LogP contribution < -0.4 is 0 Å². The van der Waals surface area contributed by atoms with Crippen molar-refractivity contribution in [2.24, 2.45) is 5.92 Å². The van der Waals surface area contributed by atoms with Gasteiger partial charge in [-0.3, -0.25) is 4.79 Å². The number of hydrogen-bond acceptors (Lipinski definition) is 4. The van der Waals surface area contributed by atoms with Crippen LogP contribution in [0.25, 0.3) is 0 Å².